The van der Waals surface area contributed by atoms with E-state index in [1.165, 1.54) is 12.1 Å². The summed E-state index contributed by atoms with van der Waals surface area (Å²) in [6.45, 7) is 12.4. The number of alkyl carbamates (subject to hydrolysis) is 1. The summed E-state index contributed by atoms with van der Waals surface area (Å²) in [5, 5.41) is 15.6. The van der Waals surface area contributed by atoms with Crippen molar-refractivity contribution >= 4 is 17.9 Å². The second kappa shape index (κ2) is 9.79. The van der Waals surface area contributed by atoms with Crippen LogP contribution in [0.15, 0.2) is 24.3 Å². The summed E-state index contributed by atoms with van der Waals surface area (Å²) in [6, 6.07) is 4.41. The number of carbonyl (C=O) groups is 3. The van der Waals surface area contributed by atoms with Crippen molar-refractivity contribution in [3.8, 4) is 5.75 Å². The summed E-state index contributed by atoms with van der Waals surface area (Å²) < 4.78 is 5.28. The Bertz CT molecular complexity index is 837. The molecule has 1 saturated carbocycles. The van der Waals surface area contributed by atoms with Gasteiger partial charge in [0.15, 0.2) is 0 Å². The highest BCUT2D eigenvalue weighted by atomic mass is 16.6. The van der Waals surface area contributed by atoms with Gasteiger partial charge in [-0.2, -0.15) is 0 Å². The fourth-order valence-electron chi connectivity index (χ4n) is 3.52. The molecule has 0 saturated heterocycles. The summed E-state index contributed by atoms with van der Waals surface area (Å²) in [4.78, 5) is 40.8. The molecule has 1 aromatic rings. The summed E-state index contributed by atoms with van der Waals surface area (Å²) in [7, 11) is 0. The van der Waals surface area contributed by atoms with E-state index >= 15 is 0 Å². The minimum Gasteiger partial charge on any atom is -0.508 e. The highest BCUT2D eigenvalue weighted by Gasteiger charge is 2.41. The molecule has 0 aromatic heterocycles. The number of phenols is 1. The van der Waals surface area contributed by atoms with E-state index < -0.39 is 29.3 Å². The van der Waals surface area contributed by atoms with Gasteiger partial charge in [-0.1, -0.05) is 12.1 Å². The van der Waals surface area contributed by atoms with Gasteiger partial charge in [0.1, 0.15) is 23.4 Å². The van der Waals surface area contributed by atoms with Crippen molar-refractivity contribution < 1.29 is 24.2 Å². The third-order valence-corrected chi connectivity index (χ3v) is 5.04. The van der Waals surface area contributed by atoms with Crippen LogP contribution in [0.3, 0.4) is 0 Å². The van der Waals surface area contributed by atoms with E-state index in [9.17, 15) is 19.5 Å². The average molecular weight is 448 g/mol. The zero-order valence-electron chi connectivity index (χ0n) is 20.2. The first kappa shape index (κ1) is 25.5. The molecular weight excluding hydrogens is 410 g/mol. The lowest BCUT2D eigenvalue weighted by Gasteiger charge is -2.43. The molecule has 0 heterocycles. The van der Waals surface area contributed by atoms with Gasteiger partial charge in [-0.15, -0.1) is 0 Å². The zero-order chi connectivity index (χ0) is 24.3. The van der Waals surface area contributed by atoms with Crippen LogP contribution in [0.1, 0.15) is 79.3 Å². The fraction of sp³-hybridized carbons (Fsp3) is 0.625. The maximum atomic E-state index is 13.6. The Hall–Kier alpha value is -2.77. The molecule has 2 unspecified atom stereocenters. The van der Waals surface area contributed by atoms with Crippen LogP contribution in [0.25, 0.3) is 0 Å². The van der Waals surface area contributed by atoms with Gasteiger partial charge in [-0.05, 0) is 85.4 Å². The minimum atomic E-state index is -0.943. The standard InChI is InChI=1S/C24H37N3O5/c1-15(25-22(31)32-24(5,6)7)21(30)27(17-11-9-12-17)19(20(29)26-23(2,3)4)16-10-8-13-18(28)14-16/h8,10,13-15,17,19,28H,9,11-12H2,1-7H3,(H,25,31)(H,26,29). The lowest BCUT2D eigenvalue weighted by molar-refractivity contribution is -0.147. The third-order valence-electron chi connectivity index (χ3n) is 5.04. The topological polar surface area (TPSA) is 108 Å². The van der Waals surface area contributed by atoms with Crippen molar-refractivity contribution in [1.82, 2.24) is 15.5 Å². The number of ether oxygens (including phenoxy) is 1. The van der Waals surface area contributed by atoms with E-state index in [0.717, 1.165) is 19.3 Å². The molecule has 0 spiro atoms. The van der Waals surface area contributed by atoms with Gasteiger partial charge in [0, 0.05) is 11.6 Å². The Labute approximate surface area is 190 Å². The van der Waals surface area contributed by atoms with Crippen molar-refractivity contribution in [1.29, 1.82) is 0 Å². The minimum absolute atomic E-state index is 0.0111. The van der Waals surface area contributed by atoms with Crippen molar-refractivity contribution in [3.63, 3.8) is 0 Å². The lowest BCUT2D eigenvalue weighted by atomic mass is 9.88. The molecule has 2 atom stereocenters. The largest absolute Gasteiger partial charge is 0.508 e. The van der Waals surface area contributed by atoms with E-state index in [1.807, 2.05) is 20.8 Å². The van der Waals surface area contributed by atoms with E-state index in [2.05, 4.69) is 10.6 Å². The second-order valence-corrected chi connectivity index (χ2v) is 10.4. The highest BCUT2D eigenvalue weighted by Crippen LogP contribution is 2.34. The van der Waals surface area contributed by atoms with Crippen LogP contribution in [0.2, 0.25) is 0 Å². The summed E-state index contributed by atoms with van der Waals surface area (Å²) >= 11 is 0. The van der Waals surface area contributed by atoms with Crippen LogP contribution < -0.4 is 10.6 Å². The smallest absolute Gasteiger partial charge is 0.408 e. The van der Waals surface area contributed by atoms with Crippen LogP contribution in [0.4, 0.5) is 4.79 Å². The first-order valence-electron chi connectivity index (χ1n) is 11.1. The van der Waals surface area contributed by atoms with E-state index in [-0.39, 0.29) is 23.6 Å². The molecule has 1 fully saturated rings. The molecule has 32 heavy (non-hydrogen) atoms. The van der Waals surface area contributed by atoms with Gasteiger partial charge in [0.05, 0.1) is 0 Å². The quantitative estimate of drug-likeness (QED) is 0.617. The molecule has 1 aliphatic rings. The first-order valence-corrected chi connectivity index (χ1v) is 11.1. The number of nitrogens with one attached hydrogen (secondary N) is 2. The van der Waals surface area contributed by atoms with Crippen LogP contribution in [-0.4, -0.2) is 51.1 Å². The van der Waals surface area contributed by atoms with Gasteiger partial charge in [0.25, 0.3) is 0 Å². The maximum Gasteiger partial charge on any atom is 0.408 e. The third kappa shape index (κ3) is 7.14. The maximum absolute atomic E-state index is 13.6. The molecule has 1 aliphatic carbocycles. The number of phenolic OH excluding ortho intramolecular Hbond substituents is 1. The Kier molecular flexibility index (Phi) is 7.80. The van der Waals surface area contributed by atoms with Crippen LogP contribution in [0.5, 0.6) is 5.75 Å². The zero-order valence-corrected chi connectivity index (χ0v) is 20.2. The van der Waals surface area contributed by atoms with Gasteiger partial charge in [-0.3, -0.25) is 9.59 Å². The lowest BCUT2D eigenvalue weighted by Crippen LogP contribution is -2.58. The van der Waals surface area contributed by atoms with Gasteiger partial charge >= 0.3 is 6.09 Å². The number of amides is 3. The van der Waals surface area contributed by atoms with Crippen LogP contribution >= 0.6 is 0 Å². The predicted molar refractivity (Wildman–Crippen MR) is 122 cm³/mol. The second-order valence-electron chi connectivity index (χ2n) is 10.4. The molecule has 8 heteroatoms. The van der Waals surface area contributed by atoms with Gasteiger partial charge in [-0.25, -0.2) is 4.79 Å². The Morgan fingerprint density at radius 1 is 1.12 bits per heavy atom. The normalized spacial score (nSPS) is 16.3. The average Bonchev–Trinajstić information content (AvgIpc) is 2.55. The monoisotopic (exact) mass is 447 g/mol. The Morgan fingerprint density at radius 2 is 1.75 bits per heavy atom. The van der Waals surface area contributed by atoms with Gasteiger partial charge in [0.2, 0.25) is 11.8 Å². The fourth-order valence-corrected chi connectivity index (χ4v) is 3.52. The Balaban J connectivity index is 2.39. The molecule has 1 aromatic carbocycles. The highest BCUT2D eigenvalue weighted by molar-refractivity contribution is 5.92. The summed E-state index contributed by atoms with van der Waals surface area (Å²) in [6.07, 6.45) is 1.79. The molecule has 0 bridgehead atoms. The molecule has 0 aliphatic heterocycles. The van der Waals surface area contributed by atoms with Crippen molar-refractivity contribution in [2.75, 3.05) is 0 Å². The predicted octanol–water partition coefficient (Wildman–Crippen LogP) is 3.64. The van der Waals surface area contributed by atoms with E-state index in [1.54, 1.807) is 44.7 Å². The number of benzene rings is 1. The van der Waals surface area contributed by atoms with Gasteiger partial charge < -0.3 is 25.4 Å². The molecule has 3 N–H and O–H groups in total. The Morgan fingerprint density at radius 3 is 2.22 bits per heavy atom. The van der Waals surface area contributed by atoms with E-state index in [0.29, 0.717) is 5.56 Å². The number of rotatable bonds is 6. The summed E-state index contributed by atoms with van der Waals surface area (Å²) in [5.74, 6) is -0.706. The van der Waals surface area contributed by atoms with Crippen molar-refractivity contribution in [3.05, 3.63) is 29.8 Å². The molecule has 2 rings (SSSR count). The van der Waals surface area contributed by atoms with E-state index in [4.69, 9.17) is 4.74 Å². The molecule has 0 radical (unpaired) electrons. The molecule has 8 nitrogen and oxygen atoms in total. The summed E-state index contributed by atoms with van der Waals surface area (Å²) in [5.41, 5.74) is -0.700. The number of hydrogen-bond donors (Lipinski definition) is 3. The number of carbonyl (C=O) groups excluding carboxylic acids is 3. The number of aromatic hydroxyl groups is 1. The van der Waals surface area contributed by atoms with Crippen LogP contribution in [0, 0.1) is 0 Å². The molecule has 3 amide bonds. The SMILES string of the molecule is CC(NC(=O)OC(C)(C)C)C(=O)N(C1CCC1)C(C(=O)NC(C)(C)C)c1cccc(O)c1. The van der Waals surface area contributed by atoms with Crippen molar-refractivity contribution in [2.45, 2.75) is 97.0 Å². The first-order chi connectivity index (χ1) is 14.7. The number of nitrogens with zero attached hydrogens (tertiary/aromatic N) is 1. The molecular formula is C24H37N3O5. The molecule has 178 valence electrons. The number of hydrogen-bond acceptors (Lipinski definition) is 5. The van der Waals surface area contributed by atoms with Crippen molar-refractivity contribution in [2.24, 2.45) is 0 Å². The van der Waals surface area contributed by atoms with Crippen LogP contribution in [-0.2, 0) is 14.3 Å².